The van der Waals surface area contributed by atoms with Gasteiger partial charge in [0, 0.05) is 0 Å². The fraction of sp³-hybridized carbons (Fsp3) is 0.500. The molecule has 1 unspecified atom stereocenters. The van der Waals surface area contributed by atoms with Crippen molar-refractivity contribution in [1.29, 1.82) is 0 Å². The molecule has 0 fully saturated rings. The van der Waals surface area contributed by atoms with Gasteiger partial charge in [-0.2, -0.15) is 0 Å². The summed E-state index contributed by atoms with van der Waals surface area (Å²) in [6, 6.07) is -1.22. The Morgan fingerprint density at radius 2 is 1.57 bits per heavy atom. The zero-order valence-electron chi connectivity index (χ0n) is 12.1. The van der Waals surface area contributed by atoms with Crippen molar-refractivity contribution in [2.75, 3.05) is 28.4 Å². The summed E-state index contributed by atoms with van der Waals surface area (Å²) in [5.41, 5.74) is -0.358. The first-order chi connectivity index (χ1) is 9.89. The lowest BCUT2D eigenvalue weighted by Gasteiger charge is -2.17. The van der Waals surface area contributed by atoms with E-state index in [1.165, 1.54) is 0 Å². The van der Waals surface area contributed by atoms with Gasteiger partial charge in [0.2, 0.25) is 0 Å². The number of rotatable bonds is 7. The Kier molecular flexibility index (Phi) is 8.20. The second kappa shape index (κ2) is 9.34. The van der Waals surface area contributed by atoms with Crippen molar-refractivity contribution in [3.05, 3.63) is 11.8 Å². The second-order valence-electron chi connectivity index (χ2n) is 3.57. The zero-order valence-corrected chi connectivity index (χ0v) is 12.1. The average molecular weight is 303 g/mol. The predicted octanol–water partition coefficient (Wildman–Crippen LogP) is -1.09. The van der Waals surface area contributed by atoms with Crippen molar-refractivity contribution in [2.24, 2.45) is 0 Å². The van der Waals surface area contributed by atoms with Gasteiger partial charge in [-0.25, -0.2) is 14.4 Å². The molecule has 1 N–H and O–H groups in total. The van der Waals surface area contributed by atoms with Gasteiger partial charge in [0.25, 0.3) is 0 Å². The van der Waals surface area contributed by atoms with Crippen LogP contribution in [0, 0.1) is 0 Å². The lowest BCUT2D eigenvalue weighted by Crippen LogP contribution is -2.41. The van der Waals surface area contributed by atoms with Crippen molar-refractivity contribution in [3.63, 3.8) is 0 Å². The SMILES string of the molecule is COC(=O)/C=C(/NC(CC(=O)OC)C(=O)OC)C(=O)OC. The molecule has 9 nitrogen and oxygen atoms in total. The van der Waals surface area contributed by atoms with Crippen LogP contribution in [-0.2, 0) is 38.1 Å². The summed E-state index contributed by atoms with van der Waals surface area (Å²) in [4.78, 5) is 45.5. The average Bonchev–Trinajstić information content (AvgIpc) is 2.50. The van der Waals surface area contributed by atoms with Crippen molar-refractivity contribution in [2.45, 2.75) is 12.5 Å². The number of carbonyl (C=O) groups excluding carboxylic acids is 4. The van der Waals surface area contributed by atoms with Crippen LogP contribution in [0.2, 0.25) is 0 Å². The molecule has 21 heavy (non-hydrogen) atoms. The summed E-state index contributed by atoms with van der Waals surface area (Å²) in [5.74, 6) is -3.29. The minimum atomic E-state index is -1.22. The Morgan fingerprint density at radius 1 is 0.952 bits per heavy atom. The van der Waals surface area contributed by atoms with Gasteiger partial charge in [-0.05, 0) is 0 Å². The van der Waals surface area contributed by atoms with E-state index in [2.05, 4.69) is 24.3 Å². The number of ether oxygens (including phenoxy) is 4. The molecule has 9 heteroatoms. The Hall–Kier alpha value is -2.58. The third-order valence-corrected chi connectivity index (χ3v) is 2.28. The molecule has 0 aromatic heterocycles. The van der Waals surface area contributed by atoms with Crippen LogP contribution >= 0.6 is 0 Å². The van der Waals surface area contributed by atoms with E-state index >= 15 is 0 Å². The summed E-state index contributed by atoms with van der Waals surface area (Å²) in [6.07, 6.45) is 0.387. The minimum absolute atomic E-state index is 0.358. The predicted molar refractivity (Wildman–Crippen MR) is 67.7 cm³/mol. The van der Waals surface area contributed by atoms with Gasteiger partial charge in [0.1, 0.15) is 11.7 Å². The first-order valence-electron chi connectivity index (χ1n) is 5.68. The van der Waals surface area contributed by atoms with E-state index in [0.717, 1.165) is 34.5 Å². The van der Waals surface area contributed by atoms with Crippen LogP contribution in [0.3, 0.4) is 0 Å². The van der Waals surface area contributed by atoms with E-state index in [4.69, 9.17) is 0 Å². The monoisotopic (exact) mass is 303 g/mol. The third-order valence-electron chi connectivity index (χ3n) is 2.28. The molecule has 0 aliphatic carbocycles. The molecule has 0 saturated carbocycles. The number of hydrogen-bond acceptors (Lipinski definition) is 9. The Bertz CT molecular complexity index is 443. The van der Waals surface area contributed by atoms with Crippen LogP contribution < -0.4 is 5.32 Å². The van der Waals surface area contributed by atoms with Crippen LogP contribution in [-0.4, -0.2) is 58.4 Å². The summed E-state index contributed by atoms with van der Waals surface area (Å²) in [6.45, 7) is 0. The maximum absolute atomic E-state index is 11.6. The maximum Gasteiger partial charge on any atom is 0.354 e. The van der Waals surface area contributed by atoms with Gasteiger partial charge in [0.15, 0.2) is 0 Å². The van der Waals surface area contributed by atoms with Gasteiger partial charge >= 0.3 is 23.9 Å². The maximum atomic E-state index is 11.6. The highest BCUT2D eigenvalue weighted by molar-refractivity contribution is 5.96. The minimum Gasteiger partial charge on any atom is -0.469 e. The van der Waals surface area contributed by atoms with Crippen LogP contribution in [0.1, 0.15) is 6.42 Å². The zero-order chi connectivity index (χ0) is 16.4. The largest absolute Gasteiger partial charge is 0.469 e. The van der Waals surface area contributed by atoms with Gasteiger partial charge in [-0.1, -0.05) is 0 Å². The fourth-order valence-electron chi connectivity index (χ4n) is 1.22. The molecular formula is C12H17NO8. The summed E-state index contributed by atoms with van der Waals surface area (Å²) in [7, 11) is 4.45. The molecule has 118 valence electrons. The fourth-order valence-corrected chi connectivity index (χ4v) is 1.22. The number of nitrogens with one attached hydrogen (secondary N) is 1. The van der Waals surface area contributed by atoms with Gasteiger partial charge in [-0.3, -0.25) is 4.79 Å². The number of methoxy groups -OCH3 is 4. The Morgan fingerprint density at radius 3 is 2.00 bits per heavy atom. The quantitative estimate of drug-likeness (QED) is 0.355. The normalized spacial score (nSPS) is 11.9. The highest BCUT2D eigenvalue weighted by Crippen LogP contribution is 2.03. The molecule has 0 aromatic carbocycles. The molecule has 0 rings (SSSR count). The molecular weight excluding hydrogens is 286 g/mol. The van der Waals surface area contributed by atoms with E-state index in [1.807, 2.05) is 0 Å². The summed E-state index contributed by atoms with van der Waals surface area (Å²) < 4.78 is 17.8. The Balaban J connectivity index is 5.24. The van der Waals surface area contributed by atoms with Gasteiger partial charge in [0.05, 0.1) is 40.9 Å². The first kappa shape index (κ1) is 18.4. The topological polar surface area (TPSA) is 117 Å². The standard InChI is InChI=1S/C12H17NO8/c1-18-9(14)5-7(11(16)20-3)13-8(12(17)21-4)6-10(15)19-2/h5,8,13H,6H2,1-4H3/b7-5+. The van der Waals surface area contributed by atoms with Crippen LogP contribution in [0.4, 0.5) is 0 Å². The smallest absolute Gasteiger partial charge is 0.354 e. The number of carbonyl (C=O) groups is 4. The van der Waals surface area contributed by atoms with E-state index in [0.29, 0.717) is 0 Å². The molecule has 0 heterocycles. The molecule has 1 atom stereocenters. The van der Waals surface area contributed by atoms with E-state index in [1.54, 1.807) is 0 Å². The molecule has 0 aromatic rings. The van der Waals surface area contributed by atoms with E-state index < -0.39 is 36.3 Å². The lowest BCUT2D eigenvalue weighted by atomic mass is 10.2. The molecule has 0 amide bonds. The van der Waals surface area contributed by atoms with Crippen molar-refractivity contribution >= 4 is 23.9 Å². The molecule has 0 saturated heterocycles. The van der Waals surface area contributed by atoms with Crippen LogP contribution in [0.5, 0.6) is 0 Å². The van der Waals surface area contributed by atoms with Crippen molar-refractivity contribution in [3.8, 4) is 0 Å². The number of hydrogen-bond donors (Lipinski definition) is 1. The Labute approximate surface area is 121 Å². The summed E-state index contributed by atoms with van der Waals surface area (Å²) in [5, 5.41) is 2.40. The molecule has 0 spiro atoms. The van der Waals surface area contributed by atoms with Gasteiger partial charge in [-0.15, -0.1) is 0 Å². The summed E-state index contributed by atoms with van der Waals surface area (Å²) >= 11 is 0. The second-order valence-corrected chi connectivity index (χ2v) is 3.57. The molecule has 0 radical (unpaired) electrons. The highest BCUT2D eigenvalue weighted by atomic mass is 16.5. The van der Waals surface area contributed by atoms with Crippen LogP contribution in [0.25, 0.3) is 0 Å². The molecule has 0 aliphatic rings. The van der Waals surface area contributed by atoms with Crippen molar-refractivity contribution < 1.29 is 38.1 Å². The van der Waals surface area contributed by atoms with Crippen LogP contribution in [0.15, 0.2) is 11.8 Å². The van der Waals surface area contributed by atoms with E-state index in [9.17, 15) is 19.2 Å². The number of esters is 4. The third kappa shape index (κ3) is 6.41. The van der Waals surface area contributed by atoms with Gasteiger partial charge < -0.3 is 24.3 Å². The highest BCUT2D eigenvalue weighted by Gasteiger charge is 2.26. The molecule has 0 bridgehead atoms. The van der Waals surface area contributed by atoms with E-state index in [-0.39, 0.29) is 5.70 Å². The lowest BCUT2D eigenvalue weighted by molar-refractivity contribution is -0.149. The van der Waals surface area contributed by atoms with Crippen molar-refractivity contribution in [1.82, 2.24) is 5.32 Å². The first-order valence-corrected chi connectivity index (χ1v) is 5.68. The molecule has 0 aliphatic heterocycles.